The van der Waals surface area contributed by atoms with E-state index in [1.807, 2.05) is 0 Å². The maximum absolute atomic E-state index is 12.6. The molecule has 2 aromatic carbocycles. The largest absolute Gasteiger partial charge is 0.457 e. The van der Waals surface area contributed by atoms with Crippen molar-refractivity contribution in [1.29, 1.82) is 0 Å². The van der Waals surface area contributed by atoms with Crippen LogP contribution in [0.4, 0.5) is 11.4 Å². The Morgan fingerprint density at radius 3 is 2.75 bits per heavy atom. The highest BCUT2D eigenvalue weighted by atomic mass is 35.5. The molecule has 0 unspecified atom stereocenters. The third kappa shape index (κ3) is 4.93. The smallest absolute Gasteiger partial charge is 0.276 e. The number of carbonyl (C=O) groups is 1. The van der Waals surface area contributed by atoms with Crippen molar-refractivity contribution < 1.29 is 14.5 Å². The quantitative estimate of drug-likeness (QED) is 0.326. The van der Waals surface area contributed by atoms with Crippen molar-refractivity contribution in [3.63, 3.8) is 0 Å². The molecular weight excluding hydrogens is 436 g/mol. The molecule has 0 aliphatic heterocycles. The molecule has 162 valence electrons. The third-order valence-corrected chi connectivity index (χ3v) is 4.68. The molecule has 0 fully saturated rings. The topological polar surface area (TPSA) is 117 Å². The maximum Gasteiger partial charge on any atom is 0.276 e. The van der Waals surface area contributed by atoms with Gasteiger partial charge in [-0.05, 0) is 42.8 Å². The molecule has 1 N–H and O–H groups in total. The highest BCUT2D eigenvalue weighted by Gasteiger charge is 2.16. The van der Waals surface area contributed by atoms with Gasteiger partial charge in [-0.1, -0.05) is 11.6 Å². The Hall–Kier alpha value is -4.18. The number of anilines is 1. The van der Waals surface area contributed by atoms with Crippen molar-refractivity contribution in [2.75, 3.05) is 5.32 Å². The average Bonchev–Trinajstić information content (AvgIpc) is 3.42. The zero-order chi connectivity index (χ0) is 22.7. The highest BCUT2D eigenvalue weighted by Crippen LogP contribution is 2.32. The number of carbonyl (C=O) groups excluding carboxylic acids is 1. The van der Waals surface area contributed by atoms with Crippen LogP contribution in [-0.2, 0) is 6.67 Å². The van der Waals surface area contributed by atoms with E-state index in [1.54, 1.807) is 65.2 Å². The minimum absolute atomic E-state index is 0.152. The third-order valence-electron chi connectivity index (χ3n) is 4.45. The van der Waals surface area contributed by atoms with Crippen LogP contribution in [0.25, 0.3) is 0 Å². The molecule has 4 rings (SSSR count). The number of nitrogens with zero attached hydrogens (tertiary/aromatic N) is 5. The van der Waals surface area contributed by atoms with Crippen molar-refractivity contribution >= 4 is 28.9 Å². The molecule has 32 heavy (non-hydrogen) atoms. The Labute approximate surface area is 187 Å². The molecule has 0 saturated heterocycles. The van der Waals surface area contributed by atoms with E-state index in [9.17, 15) is 14.9 Å². The fourth-order valence-corrected chi connectivity index (χ4v) is 3.19. The van der Waals surface area contributed by atoms with Gasteiger partial charge in [0.05, 0.1) is 16.7 Å². The van der Waals surface area contributed by atoms with Gasteiger partial charge in [0.2, 0.25) is 0 Å². The summed E-state index contributed by atoms with van der Waals surface area (Å²) in [6.07, 6.45) is 5.06. The van der Waals surface area contributed by atoms with Crippen molar-refractivity contribution in [3.8, 4) is 11.5 Å². The van der Waals surface area contributed by atoms with Crippen LogP contribution in [0.1, 0.15) is 16.1 Å². The van der Waals surface area contributed by atoms with E-state index >= 15 is 0 Å². The first-order chi connectivity index (χ1) is 15.4. The predicted molar refractivity (Wildman–Crippen MR) is 117 cm³/mol. The number of benzene rings is 2. The molecule has 0 bridgehead atoms. The number of halogens is 1. The first-order valence-corrected chi connectivity index (χ1v) is 9.81. The zero-order valence-corrected chi connectivity index (χ0v) is 17.6. The lowest BCUT2D eigenvalue weighted by Gasteiger charge is -2.11. The predicted octanol–water partition coefficient (Wildman–Crippen LogP) is 4.50. The van der Waals surface area contributed by atoms with E-state index in [-0.39, 0.29) is 22.8 Å². The minimum Gasteiger partial charge on any atom is -0.457 e. The van der Waals surface area contributed by atoms with Crippen molar-refractivity contribution in [2.45, 2.75) is 13.6 Å². The monoisotopic (exact) mass is 452 g/mol. The van der Waals surface area contributed by atoms with Gasteiger partial charge < -0.3 is 10.1 Å². The van der Waals surface area contributed by atoms with Gasteiger partial charge in [0.25, 0.3) is 11.6 Å². The van der Waals surface area contributed by atoms with Crippen molar-refractivity contribution in [2.24, 2.45) is 0 Å². The van der Waals surface area contributed by atoms with E-state index in [1.165, 1.54) is 18.2 Å². The molecule has 10 nitrogen and oxygen atoms in total. The number of hydrogen-bond donors (Lipinski definition) is 1. The Morgan fingerprint density at radius 2 is 2.03 bits per heavy atom. The number of aromatic nitrogens is 4. The number of aryl methyl sites for hydroxylation is 1. The molecule has 2 aromatic heterocycles. The second-order valence-corrected chi connectivity index (χ2v) is 7.30. The Morgan fingerprint density at radius 1 is 1.19 bits per heavy atom. The van der Waals surface area contributed by atoms with Gasteiger partial charge in [0.1, 0.15) is 18.2 Å². The molecule has 0 atom stereocenters. The van der Waals surface area contributed by atoms with Crippen LogP contribution in [0, 0.1) is 17.0 Å². The fourth-order valence-electron chi connectivity index (χ4n) is 2.96. The summed E-state index contributed by atoms with van der Waals surface area (Å²) < 4.78 is 9.00. The molecule has 0 spiro atoms. The van der Waals surface area contributed by atoms with Crippen LogP contribution in [0.2, 0.25) is 5.02 Å². The molecule has 0 saturated carbocycles. The van der Waals surface area contributed by atoms with Crippen LogP contribution in [0.3, 0.4) is 0 Å². The second kappa shape index (κ2) is 8.90. The number of non-ortho nitro benzene ring substituents is 1. The summed E-state index contributed by atoms with van der Waals surface area (Å²) in [5.74, 6) is 0.173. The zero-order valence-electron chi connectivity index (χ0n) is 16.8. The van der Waals surface area contributed by atoms with E-state index in [0.29, 0.717) is 17.4 Å². The summed E-state index contributed by atoms with van der Waals surface area (Å²) in [5.41, 5.74) is 0.887. The lowest BCUT2D eigenvalue weighted by Crippen LogP contribution is -2.15. The van der Waals surface area contributed by atoms with Gasteiger partial charge in [0, 0.05) is 35.7 Å². The molecule has 0 radical (unpaired) electrons. The van der Waals surface area contributed by atoms with Crippen LogP contribution < -0.4 is 10.1 Å². The maximum atomic E-state index is 12.6. The molecule has 4 aromatic rings. The van der Waals surface area contributed by atoms with Gasteiger partial charge in [-0.3, -0.25) is 24.3 Å². The summed E-state index contributed by atoms with van der Waals surface area (Å²) in [6.45, 7) is 2.15. The SMILES string of the molecule is Cc1cc(Cl)ccc1Oc1cc(NC(=O)c2ccn(Cn3cccn3)n2)cc([N+](=O)[O-])c1. The first-order valence-electron chi connectivity index (χ1n) is 9.43. The average molecular weight is 453 g/mol. The fraction of sp³-hybridized carbons (Fsp3) is 0.0952. The number of hydrogen-bond acceptors (Lipinski definition) is 6. The number of amides is 1. The number of nitro groups is 1. The molecule has 2 heterocycles. The molecule has 0 aliphatic carbocycles. The summed E-state index contributed by atoms with van der Waals surface area (Å²) in [7, 11) is 0. The number of nitro benzene ring substituents is 1. The van der Waals surface area contributed by atoms with E-state index in [4.69, 9.17) is 16.3 Å². The lowest BCUT2D eigenvalue weighted by atomic mass is 10.2. The van der Waals surface area contributed by atoms with Crippen molar-refractivity contribution in [3.05, 3.63) is 93.5 Å². The first kappa shape index (κ1) is 21.1. The Kier molecular flexibility index (Phi) is 5.86. The van der Waals surface area contributed by atoms with Crippen LogP contribution >= 0.6 is 11.6 Å². The van der Waals surface area contributed by atoms with Gasteiger partial charge in [-0.25, -0.2) is 0 Å². The van der Waals surface area contributed by atoms with Gasteiger partial charge >= 0.3 is 0 Å². The lowest BCUT2D eigenvalue weighted by molar-refractivity contribution is -0.384. The summed E-state index contributed by atoms with van der Waals surface area (Å²) in [6, 6.07) is 12.4. The molecule has 11 heteroatoms. The van der Waals surface area contributed by atoms with Crippen LogP contribution in [0.5, 0.6) is 11.5 Å². The molecule has 1 amide bonds. The van der Waals surface area contributed by atoms with Crippen LogP contribution in [0.15, 0.2) is 67.1 Å². The van der Waals surface area contributed by atoms with Gasteiger partial charge in [-0.15, -0.1) is 0 Å². The number of ether oxygens (including phenoxy) is 1. The summed E-state index contributed by atoms with van der Waals surface area (Å²) in [5, 5.41) is 22.9. The highest BCUT2D eigenvalue weighted by molar-refractivity contribution is 6.30. The summed E-state index contributed by atoms with van der Waals surface area (Å²) in [4.78, 5) is 23.5. The number of rotatable bonds is 7. The number of nitrogens with one attached hydrogen (secondary N) is 1. The minimum atomic E-state index is -0.559. The van der Waals surface area contributed by atoms with E-state index in [0.717, 1.165) is 5.56 Å². The second-order valence-electron chi connectivity index (χ2n) is 6.87. The Balaban J connectivity index is 1.54. The molecular formula is C21H17ClN6O4. The standard InChI is InChI=1S/C21H17ClN6O4/c1-14-9-15(22)3-4-20(14)32-18-11-16(10-17(12-18)28(30)31)24-21(29)19-5-8-27(25-19)13-26-7-2-6-23-26/h2-12H,13H2,1H3,(H,24,29). The normalized spacial score (nSPS) is 10.7. The van der Waals surface area contributed by atoms with E-state index < -0.39 is 10.8 Å². The summed E-state index contributed by atoms with van der Waals surface area (Å²) >= 11 is 5.96. The van der Waals surface area contributed by atoms with Gasteiger partial charge in [0.15, 0.2) is 5.69 Å². The van der Waals surface area contributed by atoms with Crippen LogP contribution in [-0.4, -0.2) is 30.4 Å². The molecule has 0 aliphatic rings. The van der Waals surface area contributed by atoms with Gasteiger partial charge in [-0.2, -0.15) is 10.2 Å². The van der Waals surface area contributed by atoms with E-state index in [2.05, 4.69) is 15.5 Å². The van der Waals surface area contributed by atoms with Crippen molar-refractivity contribution in [1.82, 2.24) is 19.6 Å². The Bertz CT molecular complexity index is 1290.